The van der Waals surface area contributed by atoms with Crippen molar-refractivity contribution in [3.05, 3.63) is 0 Å². The Labute approximate surface area is 120 Å². The van der Waals surface area contributed by atoms with Crippen LogP contribution in [-0.4, -0.2) is 12.6 Å². The molecule has 0 spiro atoms. The van der Waals surface area contributed by atoms with Crippen molar-refractivity contribution in [2.45, 2.75) is 91.4 Å². The van der Waals surface area contributed by atoms with Crippen molar-refractivity contribution in [2.75, 3.05) is 6.61 Å². The highest BCUT2D eigenvalue weighted by Gasteiger charge is 2.04. The second kappa shape index (κ2) is 13.9. The van der Waals surface area contributed by atoms with Crippen molar-refractivity contribution < 1.29 is 9.53 Å². The highest BCUT2D eigenvalue weighted by Crippen LogP contribution is 2.17. The standard InChI is InChI=1S/C17H34O2/c1-4-6-7-8-10-13-16(3)14-11-9-12-15-17(18)19-5-2/h16H,4-15H2,1-3H3. The first-order valence-corrected chi connectivity index (χ1v) is 8.36. The zero-order valence-electron chi connectivity index (χ0n) is 13.4. The van der Waals surface area contributed by atoms with Crippen molar-refractivity contribution in [3.63, 3.8) is 0 Å². The summed E-state index contributed by atoms with van der Waals surface area (Å²) in [7, 11) is 0. The molecule has 0 saturated carbocycles. The number of unbranched alkanes of at least 4 members (excludes halogenated alkanes) is 6. The Morgan fingerprint density at radius 1 is 0.895 bits per heavy atom. The van der Waals surface area contributed by atoms with E-state index < -0.39 is 0 Å². The van der Waals surface area contributed by atoms with Gasteiger partial charge in [0.15, 0.2) is 0 Å². The Balaban J connectivity index is 3.24. The van der Waals surface area contributed by atoms with Crippen LogP contribution < -0.4 is 0 Å². The zero-order chi connectivity index (χ0) is 14.3. The molecule has 0 amide bonds. The van der Waals surface area contributed by atoms with Gasteiger partial charge in [-0.2, -0.15) is 0 Å². The predicted octanol–water partition coefficient (Wildman–Crippen LogP) is 5.50. The van der Waals surface area contributed by atoms with Gasteiger partial charge in [-0.15, -0.1) is 0 Å². The summed E-state index contributed by atoms with van der Waals surface area (Å²) in [5, 5.41) is 0. The summed E-state index contributed by atoms with van der Waals surface area (Å²) in [5.41, 5.74) is 0. The largest absolute Gasteiger partial charge is 0.466 e. The minimum Gasteiger partial charge on any atom is -0.466 e. The van der Waals surface area contributed by atoms with E-state index in [0.29, 0.717) is 13.0 Å². The molecule has 0 fully saturated rings. The number of rotatable bonds is 13. The molecule has 0 heterocycles. The predicted molar refractivity (Wildman–Crippen MR) is 82.3 cm³/mol. The van der Waals surface area contributed by atoms with Gasteiger partial charge in [0, 0.05) is 6.42 Å². The first-order chi connectivity index (χ1) is 9.20. The number of carbonyl (C=O) groups excluding carboxylic acids is 1. The molecule has 0 N–H and O–H groups in total. The molecule has 0 aromatic carbocycles. The molecule has 0 rings (SSSR count). The molecule has 19 heavy (non-hydrogen) atoms. The summed E-state index contributed by atoms with van der Waals surface area (Å²) < 4.78 is 4.92. The molecule has 2 heteroatoms. The van der Waals surface area contributed by atoms with Gasteiger partial charge >= 0.3 is 5.97 Å². The summed E-state index contributed by atoms with van der Waals surface area (Å²) in [6.45, 7) is 7.00. The van der Waals surface area contributed by atoms with E-state index in [0.717, 1.165) is 12.3 Å². The lowest BCUT2D eigenvalue weighted by molar-refractivity contribution is -0.143. The smallest absolute Gasteiger partial charge is 0.305 e. The Morgan fingerprint density at radius 3 is 2.05 bits per heavy atom. The molecule has 2 nitrogen and oxygen atoms in total. The van der Waals surface area contributed by atoms with Crippen LogP contribution in [0, 0.1) is 5.92 Å². The van der Waals surface area contributed by atoms with E-state index in [1.54, 1.807) is 0 Å². The third-order valence-electron chi connectivity index (χ3n) is 3.68. The van der Waals surface area contributed by atoms with Gasteiger partial charge in [-0.05, 0) is 19.3 Å². The van der Waals surface area contributed by atoms with Crippen LogP contribution in [0.25, 0.3) is 0 Å². The molecular formula is C17H34O2. The molecule has 0 aliphatic rings. The molecule has 1 unspecified atom stereocenters. The third-order valence-corrected chi connectivity index (χ3v) is 3.68. The van der Waals surface area contributed by atoms with Crippen LogP contribution in [0.15, 0.2) is 0 Å². The van der Waals surface area contributed by atoms with Gasteiger partial charge in [-0.1, -0.05) is 71.6 Å². The Kier molecular flexibility index (Phi) is 13.5. The molecule has 0 aliphatic heterocycles. The SMILES string of the molecule is CCCCCCCC(C)CCCCCC(=O)OCC. The highest BCUT2D eigenvalue weighted by molar-refractivity contribution is 5.69. The summed E-state index contributed by atoms with van der Waals surface area (Å²) >= 11 is 0. The van der Waals surface area contributed by atoms with Crippen LogP contribution >= 0.6 is 0 Å². The molecule has 0 aromatic heterocycles. The second-order valence-corrected chi connectivity index (χ2v) is 5.71. The van der Waals surface area contributed by atoms with E-state index in [1.807, 2.05) is 6.92 Å². The number of ether oxygens (including phenoxy) is 1. The summed E-state index contributed by atoms with van der Waals surface area (Å²) in [6.07, 6.45) is 13.6. The number of carbonyl (C=O) groups is 1. The van der Waals surface area contributed by atoms with Crippen molar-refractivity contribution in [1.29, 1.82) is 0 Å². The molecule has 1 atom stereocenters. The number of hydrogen-bond donors (Lipinski definition) is 0. The van der Waals surface area contributed by atoms with Crippen molar-refractivity contribution in [3.8, 4) is 0 Å². The molecule has 0 saturated heterocycles. The van der Waals surface area contributed by atoms with Crippen molar-refractivity contribution >= 4 is 5.97 Å². The van der Waals surface area contributed by atoms with Gasteiger partial charge in [0.1, 0.15) is 0 Å². The van der Waals surface area contributed by atoms with Crippen LogP contribution in [0.2, 0.25) is 0 Å². The van der Waals surface area contributed by atoms with Gasteiger partial charge in [-0.3, -0.25) is 4.79 Å². The molecule has 114 valence electrons. The van der Waals surface area contributed by atoms with Gasteiger partial charge in [-0.25, -0.2) is 0 Å². The topological polar surface area (TPSA) is 26.3 Å². The maximum atomic E-state index is 11.1. The Hall–Kier alpha value is -0.530. The summed E-state index contributed by atoms with van der Waals surface area (Å²) in [6, 6.07) is 0. The summed E-state index contributed by atoms with van der Waals surface area (Å²) in [5.74, 6) is 0.815. The molecule has 0 aromatic rings. The van der Waals surface area contributed by atoms with E-state index >= 15 is 0 Å². The fraction of sp³-hybridized carbons (Fsp3) is 0.941. The Bertz CT molecular complexity index is 201. The lowest BCUT2D eigenvalue weighted by Crippen LogP contribution is -2.03. The minimum atomic E-state index is -0.0357. The minimum absolute atomic E-state index is 0.0357. The normalized spacial score (nSPS) is 12.4. The molecule has 0 aliphatic carbocycles. The number of hydrogen-bond acceptors (Lipinski definition) is 2. The molecule has 0 bridgehead atoms. The monoisotopic (exact) mass is 270 g/mol. The van der Waals surface area contributed by atoms with Gasteiger partial charge in [0.2, 0.25) is 0 Å². The maximum absolute atomic E-state index is 11.1. The van der Waals surface area contributed by atoms with Gasteiger partial charge in [0.05, 0.1) is 6.61 Å². The van der Waals surface area contributed by atoms with Crippen LogP contribution in [0.1, 0.15) is 91.4 Å². The second-order valence-electron chi connectivity index (χ2n) is 5.71. The van der Waals surface area contributed by atoms with Crippen molar-refractivity contribution in [1.82, 2.24) is 0 Å². The third kappa shape index (κ3) is 13.7. The van der Waals surface area contributed by atoms with Crippen LogP contribution in [0.5, 0.6) is 0 Å². The van der Waals surface area contributed by atoms with Crippen LogP contribution in [0.3, 0.4) is 0 Å². The average molecular weight is 270 g/mol. The van der Waals surface area contributed by atoms with E-state index in [4.69, 9.17) is 4.74 Å². The van der Waals surface area contributed by atoms with E-state index in [-0.39, 0.29) is 5.97 Å². The molecular weight excluding hydrogens is 236 g/mol. The lowest BCUT2D eigenvalue weighted by Gasteiger charge is -2.10. The average Bonchev–Trinajstić information content (AvgIpc) is 2.38. The van der Waals surface area contributed by atoms with Gasteiger partial charge in [0.25, 0.3) is 0 Å². The first kappa shape index (κ1) is 18.5. The first-order valence-electron chi connectivity index (χ1n) is 8.36. The van der Waals surface area contributed by atoms with E-state index in [2.05, 4.69) is 13.8 Å². The molecule has 0 radical (unpaired) electrons. The zero-order valence-corrected chi connectivity index (χ0v) is 13.4. The lowest BCUT2D eigenvalue weighted by atomic mass is 9.96. The van der Waals surface area contributed by atoms with Gasteiger partial charge < -0.3 is 4.74 Å². The fourth-order valence-corrected chi connectivity index (χ4v) is 2.41. The quantitative estimate of drug-likeness (QED) is 0.326. The fourth-order valence-electron chi connectivity index (χ4n) is 2.41. The van der Waals surface area contributed by atoms with E-state index in [9.17, 15) is 4.79 Å². The number of esters is 1. The summed E-state index contributed by atoms with van der Waals surface area (Å²) in [4.78, 5) is 11.1. The highest BCUT2D eigenvalue weighted by atomic mass is 16.5. The Morgan fingerprint density at radius 2 is 1.47 bits per heavy atom. The van der Waals surface area contributed by atoms with Crippen LogP contribution in [0.4, 0.5) is 0 Å². The van der Waals surface area contributed by atoms with E-state index in [1.165, 1.54) is 57.8 Å². The maximum Gasteiger partial charge on any atom is 0.305 e. The van der Waals surface area contributed by atoms with Crippen molar-refractivity contribution in [2.24, 2.45) is 5.92 Å². The van der Waals surface area contributed by atoms with Crippen LogP contribution in [-0.2, 0) is 9.53 Å².